The maximum atomic E-state index is 13.1. The Hall–Kier alpha value is -1.94. The molecule has 0 aromatic carbocycles. The minimum absolute atomic E-state index is 0.102. The van der Waals surface area contributed by atoms with Crippen molar-refractivity contribution in [3.05, 3.63) is 0 Å². The van der Waals surface area contributed by atoms with Crippen molar-refractivity contribution in [1.29, 1.82) is 0 Å². The molecule has 5 atom stereocenters. The molecule has 0 heterocycles. The van der Waals surface area contributed by atoms with Gasteiger partial charge in [0.15, 0.2) is 12.2 Å². The molecule has 2 unspecified atom stereocenters. The second kappa shape index (κ2) is 66.6. The Labute approximate surface area is 581 Å². The van der Waals surface area contributed by atoms with E-state index in [-0.39, 0.29) is 25.7 Å². The molecule has 564 valence electrons. The second-order valence-corrected chi connectivity index (χ2v) is 31.7. The Bertz CT molecular complexity index is 1850. The van der Waals surface area contributed by atoms with E-state index in [9.17, 15) is 43.2 Å². The smallest absolute Gasteiger partial charge is 0.462 e. The minimum atomic E-state index is -4.96. The van der Waals surface area contributed by atoms with Crippen molar-refractivity contribution in [2.75, 3.05) is 39.6 Å². The summed E-state index contributed by atoms with van der Waals surface area (Å²) in [6.07, 6.45) is 53.1. The van der Waals surface area contributed by atoms with Gasteiger partial charge in [-0.1, -0.05) is 337 Å². The van der Waals surface area contributed by atoms with E-state index in [4.69, 9.17) is 37.0 Å². The largest absolute Gasteiger partial charge is 0.472 e. The number of phosphoric ester groups is 2. The van der Waals surface area contributed by atoms with Crippen molar-refractivity contribution in [3.8, 4) is 0 Å². The first kappa shape index (κ1) is 93.1. The van der Waals surface area contributed by atoms with E-state index >= 15 is 0 Å². The quantitative estimate of drug-likeness (QED) is 0.0222. The van der Waals surface area contributed by atoms with Crippen LogP contribution in [0.15, 0.2) is 0 Å². The third-order valence-corrected chi connectivity index (χ3v) is 19.5. The number of hydrogen-bond donors (Lipinski definition) is 3. The molecule has 0 rings (SSSR count). The van der Waals surface area contributed by atoms with Gasteiger partial charge in [0.2, 0.25) is 0 Å². The molecule has 17 nitrogen and oxygen atoms in total. The Morgan fingerprint density at radius 3 is 0.716 bits per heavy atom. The average Bonchev–Trinajstić information content (AvgIpc) is 3.38. The number of esters is 4. The van der Waals surface area contributed by atoms with Crippen LogP contribution in [-0.2, 0) is 65.4 Å². The number of hydrogen-bond acceptors (Lipinski definition) is 15. The number of rotatable bonds is 74. The SMILES string of the molecule is CCCCCCCCCCC(=O)OC[C@H](COP(=O)(O)OC[C@H](O)COP(=O)(O)OC[C@@H](COC(=O)CCCCCCCCCCCCCCCCC(C)C)OC(=O)CCCCCCCCCCCCCCCCCCCCC(C)C)OC(=O)CCCCCCCCC(C)C. The fourth-order valence-corrected chi connectivity index (χ4v) is 13.2. The van der Waals surface area contributed by atoms with E-state index in [0.29, 0.717) is 31.6 Å². The number of aliphatic hydroxyl groups excluding tert-OH is 1. The van der Waals surface area contributed by atoms with Crippen LogP contribution in [0, 0.1) is 17.8 Å². The molecule has 0 aliphatic rings. The van der Waals surface area contributed by atoms with Crippen LogP contribution in [0.1, 0.15) is 389 Å². The van der Waals surface area contributed by atoms with Gasteiger partial charge in [0.05, 0.1) is 26.4 Å². The van der Waals surface area contributed by atoms with E-state index in [1.165, 1.54) is 193 Å². The molecule has 0 bridgehead atoms. The number of ether oxygens (including phenoxy) is 4. The highest BCUT2D eigenvalue weighted by Gasteiger charge is 2.30. The second-order valence-electron chi connectivity index (χ2n) is 28.8. The fraction of sp³-hybridized carbons (Fsp3) is 0.947. The molecule has 0 fully saturated rings. The first-order valence-electron chi connectivity index (χ1n) is 39.3. The normalized spacial score (nSPS) is 14.1. The summed E-state index contributed by atoms with van der Waals surface area (Å²) in [7, 11) is -9.90. The predicted molar refractivity (Wildman–Crippen MR) is 386 cm³/mol. The van der Waals surface area contributed by atoms with Gasteiger partial charge in [-0.05, 0) is 43.4 Å². The van der Waals surface area contributed by atoms with Crippen LogP contribution in [0.25, 0.3) is 0 Å². The van der Waals surface area contributed by atoms with Crippen molar-refractivity contribution in [1.82, 2.24) is 0 Å². The maximum absolute atomic E-state index is 13.1. The Morgan fingerprint density at radius 2 is 0.484 bits per heavy atom. The maximum Gasteiger partial charge on any atom is 0.472 e. The van der Waals surface area contributed by atoms with Crippen LogP contribution in [0.2, 0.25) is 0 Å². The van der Waals surface area contributed by atoms with E-state index in [0.717, 1.165) is 108 Å². The van der Waals surface area contributed by atoms with Gasteiger partial charge >= 0.3 is 39.5 Å². The summed E-state index contributed by atoms with van der Waals surface area (Å²) in [5.74, 6) is 0.164. The van der Waals surface area contributed by atoms with Crippen molar-refractivity contribution >= 4 is 39.5 Å². The van der Waals surface area contributed by atoms with E-state index in [1.807, 2.05) is 0 Å². The van der Waals surface area contributed by atoms with Gasteiger partial charge in [-0.2, -0.15) is 0 Å². The molecular weight excluding hydrogens is 1250 g/mol. The van der Waals surface area contributed by atoms with Crippen LogP contribution in [-0.4, -0.2) is 96.7 Å². The summed E-state index contributed by atoms with van der Waals surface area (Å²) in [5, 5.41) is 10.6. The fourth-order valence-electron chi connectivity index (χ4n) is 11.6. The Morgan fingerprint density at radius 1 is 0.284 bits per heavy atom. The van der Waals surface area contributed by atoms with Gasteiger partial charge in [-0.25, -0.2) is 9.13 Å². The van der Waals surface area contributed by atoms with Gasteiger partial charge in [-0.15, -0.1) is 0 Å². The molecule has 0 amide bonds. The molecule has 0 saturated carbocycles. The lowest BCUT2D eigenvalue weighted by molar-refractivity contribution is -0.161. The van der Waals surface area contributed by atoms with Crippen LogP contribution in [0.3, 0.4) is 0 Å². The lowest BCUT2D eigenvalue weighted by Gasteiger charge is -2.21. The highest BCUT2D eigenvalue weighted by atomic mass is 31.2. The molecule has 0 aliphatic heterocycles. The summed E-state index contributed by atoms with van der Waals surface area (Å²) in [5.41, 5.74) is 0. The Balaban J connectivity index is 5.16. The third-order valence-electron chi connectivity index (χ3n) is 17.6. The third kappa shape index (κ3) is 70.3. The van der Waals surface area contributed by atoms with Crippen LogP contribution >= 0.6 is 15.6 Å². The molecule has 0 aliphatic carbocycles. The van der Waals surface area contributed by atoms with E-state index in [1.54, 1.807) is 0 Å². The van der Waals surface area contributed by atoms with Gasteiger partial charge in [-0.3, -0.25) is 37.3 Å². The molecule has 95 heavy (non-hydrogen) atoms. The van der Waals surface area contributed by atoms with Crippen LogP contribution in [0.4, 0.5) is 0 Å². The van der Waals surface area contributed by atoms with Gasteiger partial charge in [0.25, 0.3) is 0 Å². The zero-order valence-electron chi connectivity index (χ0n) is 62.1. The van der Waals surface area contributed by atoms with Gasteiger partial charge in [0, 0.05) is 25.7 Å². The van der Waals surface area contributed by atoms with Crippen molar-refractivity contribution in [2.24, 2.45) is 17.8 Å². The monoisotopic (exact) mass is 1400 g/mol. The van der Waals surface area contributed by atoms with Crippen LogP contribution < -0.4 is 0 Å². The predicted octanol–water partition coefficient (Wildman–Crippen LogP) is 22.2. The van der Waals surface area contributed by atoms with Gasteiger partial charge in [0.1, 0.15) is 19.3 Å². The Kier molecular flexibility index (Phi) is 65.2. The lowest BCUT2D eigenvalue weighted by atomic mass is 10.0. The molecule has 0 aromatic heterocycles. The molecule has 0 spiro atoms. The number of carbonyl (C=O) groups is 4. The number of unbranched alkanes of at least 4 members (excludes halogenated alkanes) is 42. The zero-order valence-corrected chi connectivity index (χ0v) is 63.9. The standard InChI is InChI=1S/C76H148O17P2/c1-8-9-10-11-12-35-43-50-57-73(78)86-64-72(93-76(81)60-53-46-39-38-42-49-56-69(6)7)66-91-95(84,85)89-62-70(77)61-88-94(82,83)90-65-71(63-87-74(79)58-51-44-36-31-27-23-20-19-22-26-30-34-41-48-55-68(4)5)92-75(80)59-52-45-37-32-28-24-18-16-14-13-15-17-21-25-29-33-40-47-54-67(2)3/h67-72,77H,8-66H2,1-7H3,(H,82,83)(H,84,85)/t70-,71-,72-/m1/s1. The van der Waals surface area contributed by atoms with Gasteiger partial charge < -0.3 is 33.8 Å². The number of phosphoric acid groups is 2. The summed E-state index contributed by atoms with van der Waals surface area (Å²) in [6.45, 7) is 11.8. The summed E-state index contributed by atoms with van der Waals surface area (Å²) in [4.78, 5) is 72.6. The van der Waals surface area contributed by atoms with Crippen molar-refractivity contribution in [2.45, 2.75) is 407 Å². The van der Waals surface area contributed by atoms with Crippen molar-refractivity contribution < 1.29 is 80.2 Å². The van der Waals surface area contributed by atoms with Crippen LogP contribution in [0.5, 0.6) is 0 Å². The molecular formula is C76H148O17P2. The average molecular weight is 1400 g/mol. The number of aliphatic hydroxyl groups is 1. The molecule has 0 saturated heterocycles. The first-order chi connectivity index (χ1) is 45.7. The minimum Gasteiger partial charge on any atom is -0.462 e. The van der Waals surface area contributed by atoms with E-state index < -0.39 is 97.5 Å². The molecule has 19 heteroatoms. The lowest BCUT2D eigenvalue weighted by Crippen LogP contribution is -2.30. The summed E-state index contributed by atoms with van der Waals surface area (Å²) in [6, 6.07) is 0. The highest BCUT2D eigenvalue weighted by Crippen LogP contribution is 2.45. The summed E-state index contributed by atoms with van der Waals surface area (Å²) >= 11 is 0. The molecule has 0 aromatic rings. The van der Waals surface area contributed by atoms with Crippen molar-refractivity contribution in [3.63, 3.8) is 0 Å². The molecule has 3 N–H and O–H groups in total. The highest BCUT2D eigenvalue weighted by molar-refractivity contribution is 7.47. The summed E-state index contributed by atoms with van der Waals surface area (Å²) < 4.78 is 68.4. The molecule has 0 radical (unpaired) electrons. The first-order valence-corrected chi connectivity index (χ1v) is 42.3. The number of carbonyl (C=O) groups excluding carboxylic acids is 4. The topological polar surface area (TPSA) is 237 Å². The van der Waals surface area contributed by atoms with E-state index in [2.05, 4.69) is 48.5 Å². The zero-order chi connectivity index (χ0) is 70.1.